The van der Waals surface area contributed by atoms with Crippen LogP contribution in [0.1, 0.15) is 37.1 Å². The van der Waals surface area contributed by atoms with Gasteiger partial charge < -0.3 is 9.47 Å². The number of nitrogens with zero attached hydrogens (tertiary/aromatic N) is 3. The molecule has 1 unspecified atom stereocenters. The number of hydrogen-bond acceptors (Lipinski definition) is 4. The van der Waals surface area contributed by atoms with Crippen LogP contribution in [0.25, 0.3) is 28.7 Å². The molecule has 6 nitrogen and oxygen atoms in total. The van der Waals surface area contributed by atoms with E-state index in [4.69, 9.17) is 10.2 Å². The molecule has 1 aliphatic rings. The van der Waals surface area contributed by atoms with Gasteiger partial charge in [0.25, 0.3) is 5.91 Å². The number of imidazole rings is 1. The molecule has 0 aliphatic carbocycles. The van der Waals surface area contributed by atoms with E-state index >= 15 is 0 Å². The highest BCUT2D eigenvalue weighted by molar-refractivity contribution is 5.91. The molecule has 2 heterocycles. The van der Waals surface area contributed by atoms with Gasteiger partial charge in [-0.25, -0.2) is 14.9 Å². The van der Waals surface area contributed by atoms with Gasteiger partial charge in [-0.15, -0.1) is 0 Å². The SMILES string of the molecule is CCN1CCCC(n2c(-c3cccc(C=CC(=O)NO)c3)nc(C)c2-c2cccc(F)c2)C1. The highest BCUT2D eigenvalue weighted by atomic mass is 19.1. The van der Waals surface area contributed by atoms with Gasteiger partial charge in [-0.3, -0.25) is 10.0 Å². The number of hydrogen-bond donors (Lipinski definition) is 2. The third kappa shape index (κ3) is 5.05. The summed E-state index contributed by atoms with van der Waals surface area (Å²) < 4.78 is 16.4. The molecular weight excluding hydrogens is 419 g/mol. The third-order valence-corrected chi connectivity index (χ3v) is 6.16. The fourth-order valence-electron chi connectivity index (χ4n) is 4.61. The summed E-state index contributed by atoms with van der Waals surface area (Å²) in [6.45, 7) is 7.13. The Labute approximate surface area is 193 Å². The van der Waals surface area contributed by atoms with Crippen molar-refractivity contribution in [1.82, 2.24) is 19.9 Å². The second kappa shape index (κ2) is 10.1. The van der Waals surface area contributed by atoms with Gasteiger partial charge >= 0.3 is 0 Å². The zero-order chi connectivity index (χ0) is 23.4. The Morgan fingerprint density at radius 1 is 1.24 bits per heavy atom. The number of rotatable bonds is 6. The maximum absolute atomic E-state index is 14.1. The van der Waals surface area contributed by atoms with Crippen LogP contribution in [-0.2, 0) is 4.79 Å². The van der Waals surface area contributed by atoms with Crippen LogP contribution in [0.2, 0.25) is 0 Å². The van der Waals surface area contributed by atoms with Crippen molar-refractivity contribution in [3.05, 3.63) is 71.7 Å². The molecule has 1 saturated heterocycles. The van der Waals surface area contributed by atoms with Crippen molar-refractivity contribution in [2.24, 2.45) is 0 Å². The van der Waals surface area contributed by atoms with Crippen LogP contribution < -0.4 is 5.48 Å². The van der Waals surface area contributed by atoms with Gasteiger partial charge in [0.1, 0.15) is 11.6 Å². The normalized spacial score (nSPS) is 16.9. The fraction of sp³-hybridized carbons (Fsp3) is 0.308. The molecule has 172 valence electrons. The summed E-state index contributed by atoms with van der Waals surface area (Å²) in [5, 5.41) is 8.73. The molecule has 7 heteroatoms. The molecule has 1 aromatic heterocycles. The Morgan fingerprint density at radius 3 is 2.79 bits per heavy atom. The summed E-state index contributed by atoms with van der Waals surface area (Å²) >= 11 is 0. The quantitative estimate of drug-likeness (QED) is 0.322. The Bertz CT molecular complexity index is 1170. The summed E-state index contributed by atoms with van der Waals surface area (Å²) in [4.78, 5) is 18.8. The van der Waals surface area contributed by atoms with Crippen LogP contribution in [0, 0.1) is 12.7 Å². The maximum atomic E-state index is 14.1. The first kappa shape index (κ1) is 22.9. The molecule has 0 radical (unpaired) electrons. The second-order valence-electron chi connectivity index (χ2n) is 8.37. The van der Waals surface area contributed by atoms with Crippen LogP contribution in [0.5, 0.6) is 0 Å². The van der Waals surface area contributed by atoms with E-state index in [0.717, 1.165) is 66.4 Å². The summed E-state index contributed by atoms with van der Waals surface area (Å²) in [5.41, 5.74) is 5.94. The molecule has 0 saturated carbocycles. The van der Waals surface area contributed by atoms with Crippen molar-refractivity contribution < 1.29 is 14.4 Å². The summed E-state index contributed by atoms with van der Waals surface area (Å²) in [6.07, 6.45) is 5.03. The number of carbonyl (C=O) groups excluding carboxylic acids is 1. The van der Waals surface area contributed by atoms with E-state index in [2.05, 4.69) is 16.4 Å². The molecule has 2 N–H and O–H groups in total. The summed E-state index contributed by atoms with van der Waals surface area (Å²) in [5.74, 6) is -0.0288. The fourth-order valence-corrected chi connectivity index (χ4v) is 4.61. The van der Waals surface area contributed by atoms with E-state index < -0.39 is 5.91 Å². The lowest BCUT2D eigenvalue weighted by molar-refractivity contribution is -0.124. The number of nitrogens with one attached hydrogen (secondary N) is 1. The minimum absolute atomic E-state index is 0.215. The largest absolute Gasteiger partial charge is 0.319 e. The van der Waals surface area contributed by atoms with Crippen LogP contribution in [0.3, 0.4) is 0 Å². The summed E-state index contributed by atoms with van der Waals surface area (Å²) in [7, 11) is 0. The van der Waals surface area contributed by atoms with E-state index in [1.807, 2.05) is 37.3 Å². The molecule has 33 heavy (non-hydrogen) atoms. The number of carbonyl (C=O) groups is 1. The van der Waals surface area contributed by atoms with Gasteiger partial charge in [-0.1, -0.05) is 37.3 Å². The Balaban J connectivity index is 1.84. The first-order chi connectivity index (χ1) is 16.0. The van der Waals surface area contributed by atoms with Gasteiger partial charge in [-0.2, -0.15) is 0 Å². The predicted octanol–water partition coefficient (Wildman–Crippen LogP) is 4.84. The number of hydroxylamine groups is 1. The van der Waals surface area contributed by atoms with Gasteiger partial charge in [0.15, 0.2) is 0 Å². The molecule has 4 rings (SSSR count). The standard InChI is InChI=1S/C26H29FN4O2/c1-3-30-14-6-11-23(17-30)31-25(20-8-5-10-22(27)16-20)18(2)28-26(31)21-9-4-7-19(15-21)12-13-24(32)29-33/h4-5,7-10,12-13,15-16,23,33H,3,6,11,14,17H2,1-2H3,(H,29,32). The lowest BCUT2D eigenvalue weighted by Gasteiger charge is -2.34. The number of aryl methyl sites for hydroxylation is 1. The zero-order valence-corrected chi connectivity index (χ0v) is 19.0. The number of amides is 1. The van der Waals surface area contributed by atoms with Gasteiger partial charge in [0.05, 0.1) is 11.4 Å². The van der Waals surface area contributed by atoms with Gasteiger partial charge in [-0.05, 0) is 62.7 Å². The Morgan fingerprint density at radius 2 is 2.03 bits per heavy atom. The van der Waals surface area contributed by atoms with Crippen LogP contribution in [0.15, 0.2) is 54.6 Å². The molecule has 2 aromatic carbocycles. The number of halogens is 1. The number of benzene rings is 2. The van der Waals surface area contributed by atoms with E-state index in [9.17, 15) is 9.18 Å². The first-order valence-electron chi connectivity index (χ1n) is 11.3. The molecule has 0 spiro atoms. The molecule has 1 amide bonds. The Hall–Kier alpha value is -3.29. The van der Waals surface area contributed by atoms with Crippen molar-refractivity contribution in [3.63, 3.8) is 0 Å². The topological polar surface area (TPSA) is 70.4 Å². The predicted molar refractivity (Wildman–Crippen MR) is 127 cm³/mol. The zero-order valence-electron chi connectivity index (χ0n) is 19.0. The number of likely N-dealkylation sites (N-methyl/N-ethyl adjacent to an activating group) is 1. The minimum Gasteiger partial charge on any atom is -0.319 e. The lowest BCUT2D eigenvalue weighted by atomic mass is 10.0. The second-order valence-corrected chi connectivity index (χ2v) is 8.37. The third-order valence-electron chi connectivity index (χ3n) is 6.16. The Kier molecular flexibility index (Phi) is 7.01. The van der Waals surface area contributed by atoms with Crippen molar-refractivity contribution in [1.29, 1.82) is 0 Å². The number of aromatic nitrogens is 2. The molecule has 1 aliphatic heterocycles. The van der Waals surface area contributed by atoms with Crippen LogP contribution >= 0.6 is 0 Å². The number of likely N-dealkylation sites (tertiary alicyclic amines) is 1. The van der Waals surface area contributed by atoms with Crippen molar-refractivity contribution in [3.8, 4) is 22.6 Å². The average Bonchev–Trinajstić information content (AvgIpc) is 3.19. The molecule has 0 bridgehead atoms. The van der Waals surface area contributed by atoms with E-state index in [1.54, 1.807) is 23.7 Å². The van der Waals surface area contributed by atoms with Crippen molar-refractivity contribution in [2.75, 3.05) is 19.6 Å². The van der Waals surface area contributed by atoms with Gasteiger partial charge in [0.2, 0.25) is 0 Å². The van der Waals surface area contributed by atoms with Gasteiger partial charge in [0, 0.05) is 29.8 Å². The van der Waals surface area contributed by atoms with Crippen LogP contribution in [0.4, 0.5) is 4.39 Å². The molecule has 1 fully saturated rings. The smallest absolute Gasteiger partial charge is 0.267 e. The molecular formula is C26H29FN4O2. The van der Waals surface area contributed by atoms with Crippen molar-refractivity contribution >= 4 is 12.0 Å². The van der Waals surface area contributed by atoms with Crippen molar-refractivity contribution in [2.45, 2.75) is 32.7 Å². The average molecular weight is 449 g/mol. The van der Waals surface area contributed by atoms with E-state index in [0.29, 0.717) is 0 Å². The first-order valence-corrected chi connectivity index (χ1v) is 11.3. The maximum Gasteiger partial charge on any atom is 0.267 e. The highest BCUT2D eigenvalue weighted by Gasteiger charge is 2.27. The summed E-state index contributed by atoms with van der Waals surface area (Å²) in [6, 6.07) is 14.7. The minimum atomic E-state index is -0.590. The lowest BCUT2D eigenvalue weighted by Crippen LogP contribution is -2.36. The monoisotopic (exact) mass is 448 g/mol. The van der Waals surface area contributed by atoms with E-state index in [-0.39, 0.29) is 11.9 Å². The number of piperidine rings is 1. The van der Waals surface area contributed by atoms with Crippen LogP contribution in [-0.4, -0.2) is 45.2 Å². The van der Waals surface area contributed by atoms with E-state index in [1.165, 1.54) is 12.1 Å². The highest BCUT2D eigenvalue weighted by Crippen LogP contribution is 2.36. The molecule has 1 atom stereocenters. The molecule has 3 aromatic rings.